The minimum atomic E-state index is 0. The van der Waals surface area contributed by atoms with E-state index in [1.807, 2.05) is 7.05 Å². The maximum absolute atomic E-state index is 11.6. The summed E-state index contributed by atoms with van der Waals surface area (Å²) in [7, 11) is 3.55. The first kappa shape index (κ1) is 24.9. The average molecular weight is 528 g/mol. The summed E-state index contributed by atoms with van der Waals surface area (Å²) in [5.41, 5.74) is 2.82. The van der Waals surface area contributed by atoms with E-state index in [1.165, 1.54) is 24.0 Å². The Balaban J connectivity index is 0.00000320. The van der Waals surface area contributed by atoms with Crippen molar-refractivity contribution in [1.82, 2.24) is 15.5 Å². The number of carbonyl (C=O) groups excluding carboxylic acids is 1. The molecule has 2 N–H and O–H groups in total. The number of rotatable bonds is 7. The van der Waals surface area contributed by atoms with Crippen LogP contribution in [0.25, 0.3) is 0 Å². The van der Waals surface area contributed by atoms with Crippen LogP contribution in [0, 0.1) is 5.92 Å². The van der Waals surface area contributed by atoms with Crippen molar-refractivity contribution in [2.75, 3.05) is 40.3 Å². The highest BCUT2D eigenvalue weighted by molar-refractivity contribution is 14.0. The van der Waals surface area contributed by atoms with E-state index in [-0.39, 0.29) is 36.0 Å². The Hall–Kier alpha value is -1.35. The first-order chi connectivity index (χ1) is 14.2. The maximum atomic E-state index is 11.6. The second-order valence-electron chi connectivity index (χ2n) is 8.09. The summed E-state index contributed by atoms with van der Waals surface area (Å²) in [6.07, 6.45) is 7.44. The lowest BCUT2D eigenvalue weighted by Crippen LogP contribution is -2.46. The van der Waals surface area contributed by atoms with Crippen molar-refractivity contribution in [3.63, 3.8) is 0 Å². The Kier molecular flexibility index (Phi) is 10.9. The van der Waals surface area contributed by atoms with E-state index < -0.39 is 0 Å². The van der Waals surface area contributed by atoms with Crippen LogP contribution < -0.4 is 10.6 Å². The summed E-state index contributed by atoms with van der Waals surface area (Å²) < 4.78 is 6.20. The number of likely N-dealkylation sites (tertiary alicyclic amines) is 1. The summed E-state index contributed by atoms with van der Waals surface area (Å²) in [6.45, 7) is 3.53. The molecule has 2 aliphatic rings. The molecule has 1 aliphatic carbocycles. The predicted molar refractivity (Wildman–Crippen MR) is 132 cm³/mol. The highest BCUT2D eigenvalue weighted by Crippen LogP contribution is 2.32. The van der Waals surface area contributed by atoms with Gasteiger partial charge in [0.1, 0.15) is 0 Å². The molecule has 7 heteroatoms. The third-order valence-corrected chi connectivity index (χ3v) is 6.12. The molecule has 6 nitrogen and oxygen atoms in total. The first-order valence-electron chi connectivity index (χ1n) is 11.1. The van der Waals surface area contributed by atoms with Crippen LogP contribution in [0.5, 0.6) is 0 Å². The third-order valence-electron chi connectivity index (χ3n) is 6.12. The van der Waals surface area contributed by atoms with Gasteiger partial charge in [-0.2, -0.15) is 0 Å². The molecule has 0 radical (unpaired) electrons. The van der Waals surface area contributed by atoms with Crippen LogP contribution in [0.15, 0.2) is 29.3 Å². The second-order valence-corrected chi connectivity index (χ2v) is 8.09. The number of guanidine groups is 1. The van der Waals surface area contributed by atoms with Gasteiger partial charge in [-0.3, -0.25) is 9.79 Å². The van der Waals surface area contributed by atoms with Gasteiger partial charge >= 0.3 is 0 Å². The molecule has 1 fully saturated rings. The Labute approximate surface area is 198 Å². The zero-order valence-electron chi connectivity index (χ0n) is 18.4. The van der Waals surface area contributed by atoms with Gasteiger partial charge in [0.15, 0.2) is 5.96 Å². The fraction of sp³-hybridized carbons (Fsp3) is 0.652. The van der Waals surface area contributed by atoms with Crippen molar-refractivity contribution in [3.05, 3.63) is 35.4 Å². The van der Waals surface area contributed by atoms with Gasteiger partial charge in [-0.25, -0.2) is 0 Å². The summed E-state index contributed by atoms with van der Waals surface area (Å²) in [6, 6.07) is 8.68. The zero-order chi connectivity index (χ0) is 20.5. The smallest absolute Gasteiger partial charge is 0.220 e. The highest BCUT2D eigenvalue weighted by Gasteiger charge is 2.23. The number of amides is 1. The molecule has 1 aromatic rings. The van der Waals surface area contributed by atoms with E-state index in [9.17, 15) is 4.79 Å². The van der Waals surface area contributed by atoms with Crippen LogP contribution in [0.4, 0.5) is 0 Å². The molecule has 1 amide bonds. The molecular weight excluding hydrogens is 491 g/mol. The largest absolute Gasteiger partial charge is 0.373 e. The molecule has 0 saturated carbocycles. The van der Waals surface area contributed by atoms with Gasteiger partial charge in [-0.1, -0.05) is 24.3 Å². The first-order valence-corrected chi connectivity index (χ1v) is 11.1. The van der Waals surface area contributed by atoms with Gasteiger partial charge in [0.25, 0.3) is 0 Å². The van der Waals surface area contributed by atoms with Crippen LogP contribution in [-0.2, 0) is 16.0 Å². The lowest BCUT2D eigenvalue weighted by atomic mass is 9.89. The number of benzene rings is 1. The third kappa shape index (κ3) is 7.11. The van der Waals surface area contributed by atoms with Gasteiger partial charge in [0, 0.05) is 46.8 Å². The normalized spacial score (nSPS) is 19.6. The van der Waals surface area contributed by atoms with Gasteiger partial charge in [-0.15, -0.1) is 24.0 Å². The number of aryl methyl sites for hydroxylation is 1. The van der Waals surface area contributed by atoms with Crippen molar-refractivity contribution in [2.45, 2.75) is 51.0 Å². The number of hydrogen-bond donors (Lipinski definition) is 2. The van der Waals surface area contributed by atoms with Crippen LogP contribution >= 0.6 is 24.0 Å². The second kappa shape index (κ2) is 13.1. The van der Waals surface area contributed by atoms with Crippen molar-refractivity contribution >= 4 is 35.8 Å². The standard InChI is InChI=1S/C23H36N4O2.HI/c1-24-22(28)17-18-11-14-27(15-12-18)23(25-2)26-13-6-16-29-21-10-5-8-19-7-3-4-9-20(19)21;/h3-4,7,9,18,21H,5-6,8,10-17H2,1-2H3,(H,24,28)(H,25,26);1H. The van der Waals surface area contributed by atoms with E-state index in [1.54, 1.807) is 7.05 Å². The lowest BCUT2D eigenvalue weighted by molar-refractivity contribution is -0.121. The Bertz CT molecular complexity index is 690. The fourth-order valence-electron chi connectivity index (χ4n) is 4.43. The van der Waals surface area contributed by atoms with E-state index in [4.69, 9.17) is 4.74 Å². The van der Waals surface area contributed by atoms with Gasteiger partial charge in [0.05, 0.1) is 6.10 Å². The fourth-order valence-corrected chi connectivity index (χ4v) is 4.43. The summed E-state index contributed by atoms with van der Waals surface area (Å²) in [5, 5.41) is 6.21. The molecule has 1 aromatic carbocycles. The Morgan fingerprint density at radius 1 is 1.23 bits per heavy atom. The van der Waals surface area contributed by atoms with Gasteiger partial charge in [0.2, 0.25) is 5.91 Å². The molecule has 1 aliphatic heterocycles. The molecule has 1 saturated heterocycles. The summed E-state index contributed by atoms with van der Waals surface area (Å²) >= 11 is 0. The summed E-state index contributed by atoms with van der Waals surface area (Å²) in [4.78, 5) is 18.3. The molecular formula is C23H37IN4O2. The molecule has 0 bridgehead atoms. The van der Waals surface area contributed by atoms with E-state index in [0.29, 0.717) is 12.3 Å². The van der Waals surface area contributed by atoms with Crippen LogP contribution in [0.3, 0.4) is 0 Å². The SMILES string of the molecule is CN=C(NCCCOC1CCCc2ccccc21)N1CCC(CC(=O)NC)CC1.I. The average Bonchev–Trinajstić information content (AvgIpc) is 2.77. The Morgan fingerprint density at radius 3 is 2.73 bits per heavy atom. The number of fused-ring (bicyclic) bond motifs is 1. The van der Waals surface area contributed by atoms with E-state index >= 15 is 0 Å². The van der Waals surface area contributed by atoms with Crippen molar-refractivity contribution < 1.29 is 9.53 Å². The van der Waals surface area contributed by atoms with Crippen LogP contribution in [0.2, 0.25) is 0 Å². The quantitative estimate of drug-likeness (QED) is 0.246. The summed E-state index contributed by atoms with van der Waals surface area (Å²) in [5.74, 6) is 1.59. The number of piperidine rings is 1. The molecule has 1 heterocycles. The maximum Gasteiger partial charge on any atom is 0.220 e. The van der Waals surface area contributed by atoms with Crippen LogP contribution in [0.1, 0.15) is 55.8 Å². The number of carbonyl (C=O) groups is 1. The topological polar surface area (TPSA) is 66.0 Å². The van der Waals surface area contributed by atoms with Crippen molar-refractivity contribution in [3.8, 4) is 0 Å². The number of nitrogens with one attached hydrogen (secondary N) is 2. The minimum Gasteiger partial charge on any atom is -0.373 e. The highest BCUT2D eigenvalue weighted by atomic mass is 127. The number of halogens is 1. The molecule has 30 heavy (non-hydrogen) atoms. The molecule has 3 rings (SSSR count). The van der Waals surface area contributed by atoms with Gasteiger partial charge < -0.3 is 20.3 Å². The van der Waals surface area contributed by atoms with Crippen LogP contribution in [-0.4, -0.2) is 57.1 Å². The molecule has 1 atom stereocenters. The van der Waals surface area contributed by atoms with E-state index in [0.717, 1.165) is 57.9 Å². The lowest BCUT2D eigenvalue weighted by Gasteiger charge is -2.34. The minimum absolute atomic E-state index is 0. The van der Waals surface area contributed by atoms with Crippen molar-refractivity contribution in [1.29, 1.82) is 0 Å². The number of hydrogen-bond acceptors (Lipinski definition) is 3. The predicted octanol–water partition coefficient (Wildman–Crippen LogP) is 3.51. The van der Waals surface area contributed by atoms with E-state index in [2.05, 4.69) is 44.8 Å². The number of nitrogens with zero attached hydrogens (tertiary/aromatic N) is 2. The van der Waals surface area contributed by atoms with Gasteiger partial charge in [-0.05, 0) is 55.6 Å². The number of aliphatic imine (C=N–C) groups is 1. The zero-order valence-corrected chi connectivity index (χ0v) is 20.7. The molecule has 1 unspecified atom stereocenters. The Morgan fingerprint density at radius 2 is 2.00 bits per heavy atom. The number of ether oxygens (including phenoxy) is 1. The molecule has 0 spiro atoms. The van der Waals surface area contributed by atoms with Crippen molar-refractivity contribution in [2.24, 2.45) is 10.9 Å². The monoisotopic (exact) mass is 528 g/mol. The molecule has 0 aromatic heterocycles. The molecule has 168 valence electrons.